The third-order valence-electron chi connectivity index (χ3n) is 3.40. The van der Waals surface area contributed by atoms with E-state index in [1.165, 1.54) is 10.5 Å². The Labute approximate surface area is 132 Å². The third-order valence-corrected chi connectivity index (χ3v) is 5.63. The Balaban J connectivity index is 1.74. The number of carbonyl (C=O) groups excluding carboxylic acids is 1. The molecule has 0 aliphatic carbocycles. The van der Waals surface area contributed by atoms with Crippen LogP contribution in [-0.4, -0.2) is 11.0 Å². The summed E-state index contributed by atoms with van der Waals surface area (Å²) in [5.74, 6) is 0.204. The quantitative estimate of drug-likeness (QED) is 0.805. The largest absolute Gasteiger partial charge is 0.298 e. The molecular weight excluding hydrogens is 311 g/mol. The van der Waals surface area contributed by atoms with E-state index < -0.39 is 0 Å². The number of carbonyl (C=O) groups is 1. The number of hydrogen-bond acceptors (Lipinski definition) is 2. The number of thioether (sulfide) groups is 1. The van der Waals surface area contributed by atoms with Gasteiger partial charge in [0.15, 0.2) is 5.78 Å². The zero-order valence-corrected chi connectivity index (χ0v) is 12.9. The van der Waals surface area contributed by atoms with Crippen molar-refractivity contribution in [3.63, 3.8) is 0 Å². The van der Waals surface area contributed by atoms with Gasteiger partial charge in [0.1, 0.15) is 0 Å². The lowest BCUT2D eigenvalue weighted by Gasteiger charge is -2.09. The van der Waals surface area contributed by atoms with Crippen molar-refractivity contribution in [3.05, 3.63) is 63.6 Å². The van der Waals surface area contributed by atoms with Crippen molar-refractivity contribution in [2.75, 3.05) is 0 Å². The second kappa shape index (κ2) is 5.80. The van der Waals surface area contributed by atoms with E-state index in [1.807, 2.05) is 24.3 Å². The molecule has 4 heteroatoms. The second-order valence-electron chi connectivity index (χ2n) is 4.77. The monoisotopic (exact) mass is 322 g/mol. The summed E-state index contributed by atoms with van der Waals surface area (Å²) in [6, 6.07) is 13.6. The van der Waals surface area contributed by atoms with Gasteiger partial charge in [0, 0.05) is 11.3 Å². The Morgan fingerprint density at radius 3 is 2.75 bits per heavy atom. The van der Waals surface area contributed by atoms with Crippen LogP contribution in [0.1, 0.15) is 11.1 Å². The van der Waals surface area contributed by atoms with E-state index in [4.69, 9.17) is 23.2 Å². The Kier molecular flexibility index (Phi) is 4.06. The van der Waals surface area contributed by atoms with Crippen molar-refractivity contribution >= 4 is 40.7 Å². The van der Waals surface area contributed by atoms with Gasteiger partial charge in [-0.2, -0.15) is 0 Å². The minimum Gasteiger partial charge on any atom is -0.298 e. The topological polar surface area (TPSA) is 17.1 Å². The van der Waals surface area contributed by atoms with Crippen molar-refractivity contribution in [1.82, 2.24) is 0 Å². The van der Waals surface area contributed by atoms with E-state index in [-0.39, 0.29) is 11.0 Å². The highest BCUT2D eigenvalue weighted by atomic mass is 35.5. The molecule has 0 amide bonds. The number of halogens is 2. The average molecular weight is 323 g/mol. The molecule has 0 saturated carbocycles. The molecule has 1 atom stereocenters. The maximum absolute atomic E-state index is 12.4. The van der Waals surface area contributed by atoms with Crippen LogP contribution in [-0.2, 0) is 17.6 Å². The van der Waals surface area contributed by atoms with Crippen molar-refractivity contribution in [2.45, 2.75) is 23.0 Å². The fourth-order valence-corrected chi connectivity index (χ4v) is 3.98. The van der Waals surface area contributed by atoms with E-state index in [9.17, 15) is 4.79 Å². The number of fused-ring (bicyclic) bond motifs is 1. The highest BCUT2D eigenvalue weighted by Crippen LogP contribution is 2.38. The first-order valence-electron chi connectivity index (χ1n) is 6.35. The minimum atomic E-state index is -0.0116. The molecule has 0 bridgehead atoms. The van der Waals surface area contributed by atoms with Gasteiger partial charge >= 0.3 is 0 Å². The molecule has 1 nitrogen and oxygen atoms in total. The van der Waals surface area contributed by atoms with Crippen LogP contribution >= 0.6 is 35.0 Å². The first kappa shape index (κ1) is 14.0. The first-order valence-corrected chi connectivity index (χ1v) is 7.99. The summed E-state index contributed by atoms with van der Waals surface area (Å²) in [4.78, 5) is 13.6. The molecule has 3 rings (SSSR count). The van der Waals surface area contributed by atoms with Gasteiger partial charge in [0.25, 0.3) is 0 Å². The molecule has 1 aliphatic rings. The van der Waals surface area contributed by atoms with Gasteiger partial charge in [-0.1, -0.05) is 53.5 Å². The molecule has 20 heavy (non-hydrogen) atoms. The van der Waals surface area contributed by atoms with Crippen molar-refractivity contribution in [3.8, 4) is 0 Å². The van der Waals surface area contributed by atoms with Gasteiger partial charge in [-0.15, -0.1) is 11.8 Å². The highest BCUT2D eigenvalue weighted by molar-refractivity contribution is 8.01. The molecule has 0 saturated heterocycles. The molecule has 2 aromatic carbocycles. The number of ketones is 1. The Hall–Kier alpha value is -0.960. The Morgan fingerprint density at radius 1 is 1.15 bits per heavy atom. The highest BCUT2D eigenvalue weighted by Gasteiger charge is 2.28. The molecule has 2 aromatic rings. The molecule has 0 spiro atoms. The predicted octanol–water partition coefficient (Wildman–Crippen LogP) is 4.82. The van der Waals surface area contributed by atoms with Crippen LogP contribution in [0.4, 0.5) is 0 Å². The van der Waals surface area contributed by atoms with Crippen molar-refractivity contribution in [1.29, 1.82) is 0 Å². The Morgan fingerprint density at radius 2 is 1.95 bits per heavy atom. The van der Waals surface area contributed by atoms with Crippen LogP contribution in [0.3, 0.4) is 0 Å². The molecular formula is C16H12Cl2OS. The second-order valence-corrected chi connectivity index (χ2v) is 6.80. The number of benzene rings is 2. The fraction of sp³-hybridized carbons (Fsp3) is 0.188. The first-order chi connectivity index (χ1) is 9.65. The van der Waals surface area contributed by atoms with Crippen molar-refractivity contribution in [2.24, 2.45) is 0 Å². The zero-order valence-electron chi connectivity index (χ0n) is 10.6. The van der Waals surface area contributed by atoms with Gasteiger partial charge in [-0.25, -0.2) is 0 Å². The minimum absolute atomic E-state index is 0.0116. The summed E-state index contributed by atoms with van der Waals surface area (Å²) in [5.41, 5.74) is 2.06. The Bertz CT molecular complexity index is 644. The maximum atomic E-state index is 12.4. The SMILES string of the molecule is O=C(Cc1cccc(Cl)c1Cl)C1Cc2ccccc2S1. The lowest BCUT2D eigenvalue weighted by atomic mass is 10.0. The number of rotatable bonds is 3. The molecule has 0 fully saturated rings. The predicted molar refractivity (Wildman–Crippen MR) is 85.0 cm³/mol. The third kappa shape index (κ3) is 2.73. The van der Waals surface area contributed by atoms with Gasteiger partial charge in [-0.05, 0) is 29.7 Å². The van der Waals surface area contributed by atoms with E-state index in [0.717, 1.165) is 12.0 Å². The lowest BCUT2D eigenvalue weighted by Crippen LogP contribution is -2.18. The fourth-order valence-electron chi connectivity index (χ4n) is 2.35. The van der Waals surface area contributed by atoms with Crippen LogP contribution in [0.25, 0.3) is 0 Å². The maximum Gasteiger partial charge on any atom is 0.150 e. The van der Waals surface area contributed by atoms with Crippen LogP contribution in [0.5, 0.6) is 0 Å². The van der Waals surface area contributed by atoms with Gasteiger partial charge in [-0.3, -0.25) is 4.79 Å². The van der Waals surface area contributed by atoms with E-state index in [2.05, 4.69) is 12.1 Å². The van der Waals surface area contributed by atoms with Crippen LogP contribution in [0.15, 0.2) is 47.4 Å². The van der Waals surface area contributed by atoms with E-state index in [1.54, 1.807) is 17.8 Å². The number of hydrogen-bond donors (Lipinski definition) is 0. The molecule has 0 N–H and O–H groups in total. The molecule has 102 valence electrons. The van der Waals surface area contributed by atoms with Crippen LogP contribution in [0, 0.1) is 0 Å². The van der Waals surface area contributed by atoms with E-state index >= 15 is 0 Å². The van der Waals surface area contributed by atoms with Crippen molar-refractivity contribution < 1.29 is 4.79 Å². The summed E-state index contributed by atoms with van der Waals surface area (Å²) in [6.45, 7) is 0. The zero-order chi connectivity index (χ0) is 14.1. The average Bonchev–Trinajstić information content (AvgIpc) is 2.88. The summed E-state index contributed by atoms with van der Waals surface area (Å²) >= 11 is 13.8. The van der Waals surface area contributed by atoms with Gasteiger partial charge < -0.3 is 0 Å². The molecule has 0 radical (unpaired) electrons. The summed E-state index contributed by atoms with van der Waals surface area (Å²) in [5, 5.41) is 0.977. The number of Topliss-reactive ketones (excluding diaryl/α,β-unsaturated/α-hetero) is 1. The smallest absolute Gasteiger partial charge is 0.150 e. The summed E-state index contributed by atoms with van der Waals surface area (Å²) in [7, 11) is 0. The van der Waals surface area contributed by atoms with Gasteiger partial charge in [0.2, 0.25) is 0 Å². The van der Waals surface area contributed by atoms with Crippen LogP contribution < -0.4 is 0 Å². The normalized spacial score (nSPS) is 17.0. The lowest BCUT2D eigenvalue weighted by molar-refractivity contribution is -0.117. The van der Waals surface area contributed by atoms with Crippen LogP contribution in [0.2, 0.25) is 10.0 Å². The molecule has 0 aromatic heterocycles. The molecule has 1 aliphatic heterocycles. The molecule has 1 heterocycles. The van der Waals surface area contributed by atoms with E-state index in [0.29, 0.717) is 16.5 Å². The summed E-state index contributed by atoms with van der Waals surface area (Å²) < 4.78 is 0. The summed E-state index contributed by atoms with van der Waals surface area (Å²) in [6.07, 6.45) is 1.14. The molecule has 1 unspecified atom stereocenters. The standard InChI is InChI=1S/C16H12Cl2OS/c17-12-6-3-5-11(16(12)18)8-13(19)15-9-10-4-1-2-7-14(10)20-15/h1-7,15H,8-9H2. The van der Waals surface area contributed by atoms with Gasteiger partial charge in [0.05, 0.1) is 15.3 Å².